The maximum atomic E-state index is 12.6. The number of aryl methyl sites for hydroxylation is 2. The molecule has 0 saturated heterocycles. The van der Waals surface area contributed by atoms with Crippen LogP contribution in [0.3, 0.4) is 0 Å². The molecule has 0 spiro atoms. The summed E-state index contributed by atoms with van der Waals surface area (Å²) in [5, 5.41) is 3.55. The number of fused-ring (bicyclic) bond motifs is 1. The molecule has 22 heavy (non-hydrogen) atoms. The van der Waals surface area contributed by atoms with Crippen LogP contribution in [0.4, 0.5) is 5.69 Å². The summed E-state index contributed by atoms with van der Waals surface area (Å²) in [6.07, 6.45) is 1.81. The Morgan fingerprint density at radius 1 is 1.14 bits per heavy atom. The van der Waals surface area contributed by atoms with Gasteiger partial charge in [0.15, 0.2) is 0 Å². The summed E-state index contributed by atoms with van der Waals surface area (Å²) >= 11 is 12.2. The molecule has 0 unspecified atom stereocenters. The predicted octanol–water partition coefficient (Wildman–Crippen LogP) is 4.51. The molecular weight excluding hydrogens is 321 g/mol. The van der Waals surface area contributed by atoms with Crippen LogP contribution in [0.25, 0.3) is 5.65 Å². The van der Waals surface area contributed by atoms with Crippen LogP contribution >= 0.6 is 23.2 Å². The summed E-state index contributed by atoms with van der Waals surface area (Å²) < 4.78 is 1.77. The summed E-state index contributed by atoms with van der Waals surface area (Å²) in [5.74, 6) is -0.300. The molecular formula is C16H13Cl2N3O. The van der Waals surface area contributed by atoms with Crippen molar-refractivity contribution < 1.29 is 4.79 Å². The van der Waals surface area contributed by atoms with E-state index in [0.29, 0.717) is 27.1 Å². The fraction of sp³-hybridized carbons (Fsp3) is 0.125. The number of carbonyl (C=O) groups is 1. The van der Waals surface area contributed by atoms with Gasteiger partial charge in [0.05, 0.1) is 21.4 Å². The minimum absolute atomic E-state index is 0.300. The number of benzene rings is 1. The summed E-state index contributed by atoms with van der Waals surface area (Å²) in [6.45, 7) is 3.75. The average Bonchev–Trinajstić information content (AvgIpc) is 2.81. The summed E-state index contributed by atoms with van der Waals surface area (Å²) in [4.78, 5) is 17.1. The molecule has 1 aromatic carbocycles. The molecule has 6 heteroatoms. The topological polar surface area (TPSA) is 46.4 Å². The Morgan fingerprint density at radius 2 is 1.82 bits per heavy atom. The summed E-state index contributed by atoms with van der Waals surface area (Å²) in [6, 6.07) is 8.91. The first-order chi connectivity index (χ1) is 10.5. The maximum absolute atomic E-state index is 12.6. The number of aromatic nitrogens is 2. The van der Waals surface area contributed by atoms with Crippen LogP contribution in [0.15, 0.2) is 36.5 Å². The molecule has 0 bridgehead atoms. The number of carbonyl (C=O) groups excluding carboxylic acids is 1. The first-order valence-electron chi connectivity index (χ1n) is 6.68. The van der Waals surface area contributed by atoms with Crippen molar-refractivity contribution in [3.63, 3.8) is 0 Å². The minimum Gasteiger partial charge on any atom is -0.318 e. The standard InChI is InChI=1S/C16H13Cl2N3O/c1-9-5-4-8-21-14(10(2)19-15(9)21)16(22)20-13-11(17)6-3-7-12(13)18/h3-8H,1-2H3,(H,20,22). The third kappa shape index (κ3) is 2.45. The van der Waals surface area contributed by atoms with E-state index < -0.39 is 0 Å². The predicted molar refractivity (Wildman–Crippen MR) is 89.1 cm³/mol. The number of hydrogen-bond donors (Lipinski definition) is 1. The molecule has 3 rings (SSSR count). The van der Waals surface area contributed by atoms with Crippen molar-refractivity contribution >= 4 is 40.4 Å². The molecule has 0 atom stereocenters. The van der Waals surface area contributed by atoms with E-state index in [2.05, 4.69) is 10.3 Å². The fourth-order valence-electron chi connectivity index (χ4n) is 2.38. The Hall–Kier alpha value is -2.04. The van der Waals surface area contributed by atoms with Crippen molar-refractivity contribution in [3.8, 4) is 0 Å². The van der Waals surface area contributed by atoms with Gasteiger partial charge in [-0.25, -0.2) is 4.98 Å². The molecule has 1 amide bonds. The molecule has 0 aliphatic heterocycles. The molecule has 3 aromatic rings. The Kier molecular flexibility index (Phi) is 3.81. The van der Waals surface area contributed by atoms with E-state index in [1.54, 1.807) is 29.5 Å². The van der Waals surface area contributed by atoms with Crippen molar-refractivity contribution in [1.29, 1.82) is 0 Å². The lowest BCUT2D eigenvalue weighted by Gasteiger charge is -2.09. The lowest BCUT2D eigenvalue weighted by atomic mass is 10.2. The van der Waals surface area contributed by atoms with E-state index in [1.807, 2.05) is 25.3 Å². The van der Waals surface area contributed by atoms with Gasteiger partial charge in [0.1, 0.15) is 11.3 Å². The number of pyridine rings is 1. The molecule has 0 aliphatic rings. The van der Waals surface area contributed by atoms with Crippen LogP contribution in [-0.2, 0) is 0 Å². The SMILES string of the molecule is Cc1nc2c(C)cccn2c1C(=O)Nc1c(Cl)cccc1Cl. The lowest BCUT2D eigenvalue weighted by molar-refractivity contribution is 0.102. The zero-order chi connectivity index (χ0) is 15.9. The zero-order valence-electron chi connectivity index (χ0n) is 12.0. The third-order valence-electron chi connectivity index (χ3n) is 3.44. The number of amides is 1. The van der Waals surface area contributed by atoms with E-state index in [1.165, 1.54) is 0 Å². The van der Waals surface area contributed by atoms with Gasteiger partial charge in [0, 0.05) is 6.20 Å². The highest BCUT2D eigenvalue weighted by Gasteiger charge is 2.19. The minimum atomic E-state index is -0.300. The monoisotopic (exact) mass is 333 g/mol. The molecule has 2 heterocycles. The van der Waals surface area contributed by atoms with Gasteiger partial charge < -0.3 is 5.32 Å². The Balaban J connectivity index is 2.07. The molecule has 112 valence electrons. The number of nitrogens with zero attached hydrogens (tertiary/aromatic N) is 2. The fourth-order valence-corrected chi connectivity index (χ4v) is 2.87. The van der Waals surface area contributed by atoms with Crippen molar-refractivity contribution in [2.75, 3.05) is 5.32 Å². The van der Waals surface area contributed by atoms with Gasteiger partial charge in [-0.1, -0.05) is 35.3 Å². The van der Waals surface area contributed by atoms with E-state index >= 15 is 0 Å². The molecule has 0 fully saturated rings. The van der Waals surface area contributed by atoms with Gasteiger partial charge in [-0.15, -0.1) is 0 Å². The molecule has 4 nitrogen and oxygen atoms in total. The first kappa shape index (κ1) is 14.9. The largest absolute Gasteiger partial charge is 0.318 e. The second kappa shape index (κ2) is 5.63. The van der Waals surface area contributed by atoms with Gasteiger partial charge in [0.2, 0.25) is 0 Å². The maximum Gasteiger partial charge on any atom is 0.274 e. The van der Waals surface area contributed by atoms with Crippen LogP contribution in [-0.4, -0.2) is 15.3 Å². The second-order valence-electron chi connectivity index (χ2n) is 4.98. The smallest absolute Gasteiger partial charge is 0.274 e. The zero-order valence-corrected chi connectivity index (χ0v) is 13.5. The highest BCUT2D eigenvalue weighted by atomic mass is 35.5. The van der Waals surface area contributed by atoms with Crippen molar-refractivity contribution in [2.24, 2.45) is 0 Å². The second-order valence-corrected chi connectivity index (χ2v) is 5.80. The lowest BCUT2D eigenvalue weighted by Crippen LogP contribution is -2.16. The Labute approximate surface area is 137 Å². The van der Waals surface area contributed by atoms with Crippen LogP contribution in [0.2, 0.25) is 10.0 Å². The van der Waals surface area contributed by atoms with Gasteiger partial charge in [0.25, 0.3) is 5.91 Å². The van der Waals surface area contributed by atoms with Crippen molar-refractivity contribution in [3.05, 3.63) is 63.5 Å². The number of anilines is 1. The highest BCUT2D eigenvalue weighted by Crippen LogP contribution is 2.30. The number of imidazole rings is 1. The van der Waals surface area contributed by atoms with Crippen molar-refractivity contribution in [1.82, 2.24) is 9.38 Å². The van der Waals surface area contributed by atoms with Crippen LogP contribution in [0.1, 0.15) is 21.7 Å². The number of para-hydroxylation sites is 1. The summed E-state index contributed by atoms with van der Waals surface area (Å²) in [5.41, 5.74) is 3.28. The van der Waals surface area contributed by atoms with Crippen LogP contribution in [0.5, 0.6) is 0 Å². The normalized spacial score (nSPS) is 10.9. The molecule has 2 aromatic heterocycles. The molecule has 0 aliphatic carbocycles. The van der Waals surface area contributed by atoms with Gasteiger partial charge in [-0.05, 0) is 37.6 Å². The van der Waals surface area contributed by atoms with E-state index in [-0.39, 0.29) is 5.91 Å². The highest BCUT2D eigenvalue weighted by molar-refractivity contribution is 6.40. The third-order valence-corrected chi connectivity index (χ3v) is 4.07. The van der Waals surface area contributed by atoms with Gasteiger partial charge in [-0.2, -0.15) is 0 Å². The van der Waals surface area contributed by atoms with Gasteiger partial charge in [-0.3, -0.25) is 9.20 Å². The van der Waals surface area contributed by atoms with Crippen LogP contribution < -0.4 is 5.32 Å². The van der Waals surface area contributed by atoms with Crippen LogP contribution in [0, 0.1) is 13.8 Å². The van der Waals surface area contributed by atoms with E-state index in [4.69, 9.17) is 23.2 Å². The Bertz CT molecular complexity index is 866. The van der Waals surface area contributed by atoms with E-state index in [9.17, 15) is 4.79 Å². The number of nitrogens with one attached hydrogen (secondary N) is 1. The quantitative estimate of drug-likeness (QED) is 0.749. The molecule has 0 radical (unpaired) electrons. The Morgan fingerprint density at radius 3 is 2.50 bits per heavy atom. The molecule has 0 saturated carbocycles. The van der Waals surface area contributed by atoms with E-state index in [0.717, 1.165) is 11.2 Å². The summed E-state index contributed by atoms with van der Waals surface area (Å²) in [7, 11) is 0. The number of hydrogen-bond acceptors (Lipinski definition) is 2. The number of rotatable bonds is 2. The average molecular weight is 334 g/mol. The van der Waals surface area contributed by atoms with Gasteiger partial charge >= 0.3 is 0 Å². The molecule has 1 N–H and O–H groups in total. The first-order valence-corrected chi connectivity index (χ1v) is 7.44. The van der Waals surface area contributed by atoms with Crippen molar-refractivity contribution in [2.45, 2.75) is 13.8 Å². The number of halogens is 2.